The summed E-state index contributed by atoms with van der Waals surface area (Å²) in [6.07, 6.45) is 1.94. The molecule has 10 nitrogen and oxygen atoms in total. The first kappa shape index (κ1) is 22.3. The van der Waals surface area contributed by atoms with Crippen LogP contribution < -0.4 is 5.32 Å². The minimum Gasteiger partial charge on any atom is -0.456 e. The lowest BCUT2D eigenvalue weighted by atomic mass is 10.1. The van der Waals surface area contributed by atoms with Crippen molar-refractivity contribution in [3.63, 3.8) is 0 Å². The zero-order chi connectivity index (χ0) is 21.8. The van der Waals surface area contributed by atoms with Gasteiger partial charge in [-0.05, 0) is 46.6 Å². The highest BCUT2D eigenvalue weighted by atomic mass is 16.5. The third-order valence-corrected chi connectivity index (χ3v) is 4.25. The molecule has 10 heteroatoms. The minimum absolute atomic E-state index is 0.102. The van der Waals surface area contributed by atoms with E-state index in [1.165, 1.54) is 18.3 Å². The topological polar surface area (TPSA) is 119 Å². The lowest BCUT2D eigenvalue weighted by Crippen LogP contribution is -2.46. The normalized spacial score (nSPS) is 11.4. The molecule has 0 unspecified atom stereocenters. The molecule has 0 saturated carbocycles. The van der Waals surface area contributed by atoms with Gasteiger partial charge in [0.15, 0.2) is 6.61 Å². The molecule has 2 rings (SSSR count). The standard InChI is InChI=1S/C19H28N6O4/c1-12-14(13(2)25-18(22-12)20-11-21-25)7-8-17(28)29-10-16(27)24(6)9-15(26)23-19(3,4)5/h11H,7-10H2,1-6H3,(H,23,26). The van der Waals surface area contributed by atoms with Crippen LogP contribution >= 0.6 is 0 Å². The van der Waals surface area contributed by atoms with Crippen LogP contribution in [0.1, 0.15) is 44.1 Å². The molecule has 2 amide bonds. The summed E-state index contributed by atoms with van der Waals surface area (Å²) < 4.78 is 6.68. The number of carbonyl (C=O) groups is 3. The van der Waals surface area contributed by atoms with Gasteiger partial charge in [0.2, 0.25) is 5.91 Å². The Kier molecular flexibility index (Phi) is 6.89. The Morgan fingerprint density at radius 1 is 1.24 bits per heavy atom. The minimum atomic E-state index is -0.497. The average molecular weight is 404 g/mol. The van der Waals surface area contributed by atoms with Gasteiger partial charge in [-0.3, -0.25) is 14.4 Å². The third kappa shape index (κ3) is 6.23. The highest BCUT2D eigenvalue weighted by Crippen LogP contribution is 2.15. The van der Waals surface area contributed by atoms with E-state index in [-0.39, 0.29) is 24.4 Å². The summed E-state index contributed by atoms with van der Waals surface area (Å²) in [6.45, 7) is 8.80. The first-order chi connectivity index (χ1) is 13.5. The second kappa shape index (κ2) is 8.97. The number of aryl methyl sites for hydroxylation is 2. The van der Waals surface area contributed by atoms with Crippen LogP contribution in [0.3, 0.4) is 0 Å². The van der Waals surface area contributed by atoms with Crippen LogP contribution in [0.15, 0.2) is 6.33 Å². The Labute approximate surface area is 169 Å². The summed E-state index contributed by atoms with van der Waals surface area (Å²) >= 11 is 0. The fourth-order valence-electron chi connectivity index (χ4n) is 2.83. The third-order valence-electron chi connectivity index (χ3n) is 4.25. The lowest BCUT2D eigenvalue weighted by molar-refractivity contribution is -0.152. The Balaban J connectivity index is 1.83. The molecular weight excluding hydrogens is 376 g/mol. The van der Waals surface area contributed by atoms with Gasteiger partial charge in [0.25, 0.3) is 11.7 Å². The highest BCUT2D eigenvalue weighted by molar-refractivity contribution is 5.86. The van der Waals surface area contributed by atoms with Crippen LogP contribution in [-0.4, -0.2) is 68.0 Å². The van der Waals surface area contributed by atoms with Crippen LogP contribution in [0.4, 0.5) is 0 Å². The first-order valence-corrected chi connectivity index (χ1v) is 9.34. The van der Waals surface area contributed by atoms with E-state index in [0.717, 1.165) is 17.0 Å². The number of nitrogens with zero attached hydrogens (tertiary/aromatic N) is 5. The summed E-state index contributed by atoms with van der Waals surface area (Å²) in [5.74, 6) is -0.707. The molecule has 2 aromatic heterocycles. The largest absolute Gasteiger partial charge is 0.456 e. The van der Waals surface area contributed by atoms with Crippen molar-refractivity contribution in [2.75, 3.05) is 20.2 Å². The van der Waals surface area contributed by atoms with Crippen LogP contribution in [0, 0.1) is 13.8 Å². The van der Waals surface area contributed by atoms with Crippen LogP contribution in [-0.2, 0) is 25.5 Å². The molecule has 158 valence electrons. The number of carbonyl (C=O) groups excluding carboxylic acids is 3. The number of hydrogen-bond donors (Lipinski definition) is 1. The smallest absolute Gasteiger partial charge is 0.306 e. The van der Waals surface area contributed by atoms with Gasteiger partial charge in [0, 0.05) is 30.4 Å². The molecule has 0 bridgehead atoms. The number of likely N-dealkylation sites (N-methyl/N-ethyl adjacent to an activating group) is 1. The van der Waals surface area contributed by atoms with Crippen molar-refractivity contribution in [3.8, 4) is 0 Å². The second-order valence-corrected chi connectivity index (χ2v) is 7.94. The number of amides is 2. The van der Waals surface area contributed by atoms with E-state index in [0.29, 0.717) is 12.2 Å². The van der Waals surface area contributed by atoms with Crippen LogP contribution in [0.25, 0.3) is 5.78 Å². The van der Waals surface area contributed by atoms with Gasteiger partial charge in [0.1, 0.15) is 6.33 Å². The predicted molar refractivity (Wildman–Crippen MR) is 105 cm³/mol. The van der Waals surface area contributed by atoms with E-state index in [4.69, 9.17) is 4.74 Å². The van der Waals surface area contributed by atoms with Gasteiger partial charge in [-0.1, -0.05) is 0 Å². The molecule has 0 aliphatic carbocycles. The Bertz CT molecular complexity index is 915. The van der Waals surface area contributed by atoms with E-state index in [1.807, 2.05) is 34.6 Å². The number of nitrogens with one attached hydrogen (secondary N) is 1. The van der Waals surface area contributed by atoms with Gasteiger partial charge in [0.05, 0.1) is 6.54 Å². The van der Waals surface area contributed by atoms with Crippen molar-refractivity contribution in [2.45, 2.75) is 53.0 Å². The molecule has 0 radical (unpaired) electrons. The number of hydrogen-bond acceptors (Lipinski definition) is 7. The van der Waals surface area contributed by atoms with E-state index in [1.54, 1.807) is 4.52 Å². The zero-order valence-corrected chi connectivity index (χ0v) is 17.8. The first-order valence-electron chi connectivity index (χ1n) is 9.34. The van der Waals surface area contributed by atoms with Crippen molar-refractivity contribution < 1.29 is 19.1 Å². The summed E-state index contributed by atoms with van der Waals surface area (Å²) in [5.41, 5.74) is 2.14. The van der Waals surface area contributed by atoms with Crippen molar-refractivity contribution in [2.24, 2.45) is 0 Å². The molecule has 0 saturated heterocycles. The number of fused-ring (bicyclic) bond motifs is 1. The summed E-state index contributed by atoms with van der Waals surface area (Å²) in [7, 11) is 1.49. The maximum atomic E-state index is 12.1. The molecule has 2 aromatic rings. The van der Waals surface area contributed by atoms with Gasteiger partial charge in [-0.25, -0.2) is 9.50 Å². The van der Waals surface area contributed by atoms with Gasteiger partial charge in [-0.2, -0.15) is 10.1 Å². The zero-order valence-electron chi connectivity index (χ0n) is 17.8. The molecule has 0 fully saturated rings. The Morgan fingerprint density at radius 2 is 1.93 bits per heavy atom. The Hall–Kier alpha value is -3.04. The maximum absolute atomic E-state index is 12.1. The fraction of sp³-hybridized carbons (Fsp3) is 0.579. The molecule has 0 spiro atoms. The quantitative estimate of drug-likeness (QED) is 0.671. The summed E-state index contributed by atoms with van der Waals surface area (Å²) in [4.78, 5) is 45.7. The number of aromatic nitrogens is 4. The summed E-state index contributed by atoms with van der Waals surface area (Å²) in [6, 6.07) is 0. The lowest BCUT2D eigenvalue weighted by Gasteiger charge is -2.23. The molecule has 0 aromatic carbocycles. The van der Waals surface area contributed by atoms with E-state index < -0.39 is 18.5 Å². The number of esters is 1. The Morgan fingerprint density at radius 3 is 2.59 bits per heavy atom. The average Bonchev–Trinajstić information content (AvgIpc) is 3.06. The van der Waals surface area contributed by atoms with E-state index in [9.17, 15) is 14.4 Å². The van der Waals surface area contributed by atoms with Crippen LogP contribution in [0.5, 0.6) is 0 Å². The second-order valence-electron chi connectivity index (χ2n) is 7.94. The summed E-state index contributed by atoms with van der Waals surface area (Å²) in [5, 5.41) is 6.89. The van der Waals surface area contributed by atoms with Crippen LogP contribution in [0.2, 0.25) is 0 Å². The molecule has 0 aliphatic rings. The van der Waals surface area contributed by atoms with E-state index in [2.05, 4.69) is 20.4 Å². The fourth-order valence-corrected chi connectivity index (χ4v) is 2.83. The molecule has 2 heterocycles. The predicted octanol–water partition coefficient (Wildman–Crippen LogP) is 0.590. The SMILES string of the molecule is Cc1nc2ncnn2c(C)c1CCC(=O)OCC(=O)N(C)CC(=O)NC(C)(C)C. The van der Waals surface area contributed by atoms with Gasteiger partial charge < -0.3 is 15.0 Å². The van der Waals surface area contributed by atoms with Gasteiger partial charge in [-0.15, -0.1) is 0 Å². The number of ether oxygens (including phenoxy) is 1. The molecule has 29 heavy (non-hydrogen) atoms. The van der Waals surface area contributed by atoms with Crippen molar-refractivity contribution >= 4 is 23.6 Å². The monoisotopic (exact) mass is 404 g/mol. The molecule has 0 aliphatic heterocycles. The number of rotatable bonds is 7. The maximum Gasteiger partial charge on any atom is 0.306 e. The molecule has 1 N–H and O–H groups in total. The van der Waals surface area contributed by atoms with E-state index >= 15 is 0 Å². The molecular formula is C19H28N6O4. The van der Waals surface area contributed by atoms with Crippen molar-refractivity contribution in [1.82, 2.24) is 29.8 Å². The highest BCUT2D eigenvalue weighted by Gasteiger charge is 2.19. The van der Waals surface area contributed by atoms with Crippen molar-refractivity contribution in [3.05, 3.63) is 23.3 Å². The molecule has 0 atom stereocenters. The van der Waals surface area contributed by atoms with Crippen molar-refractivity contribution in [1.29, 1.82) is 0 Å². The van der Waals surface area contributed by atoms with Gasteiger partial charge >= 0.3 is 5.97 Å².